The number of hydrazone groups is 1. The van der Waals surface area contributed by atoms with Gasteiger partial charge in [0.2, 0.25) is 5.88 Å². The van der Waals surface area contributed by atoms with E-state index in [0.29, 0.717) is 43.9 Å². The first kappa shape index (κ1) is 30.0. The SMILES string of the molecule is COCc1c(Br)c(C)nc(OCC(=O)NN=Cc2cc(Br)c(OCc3cccc4ccccc34)c(OC)c2)c1C#N. The van der Waals surface area contributed by atoms with Crippen molar-refractivity contribution >= 4 is 54.8 Å². The number of halogens is 2. The lowest BCUT2D eigenvalue weighted by molar-refractivity contribution is -0.123. The largest absolute Gasteiger partial charge is 0.493 e. The van der Waals surface area contributed by atoms with Crippen molar-refractivity contribution in [2.45, 2.75) is 20.1 Å². The highest BCUT2D eigenvalue weighted by atomic mass is 79.9. The molecular formula is C30H26Br2N4O5. The number of nitrogens with one attached hydrogen (secondary N) is 1. The maximum absolute atomic E-state index is 12.4. The number of carbonyl (C=O) groups is 1. The third kappa shape index (κ3) is 7.21. The zero-order chi connectivity index (χ0) is 29.4. The van der Waals surface area contributed by atoms with E-state index in [1.807, 2.05) is 24.3 Å². The van der Waals surface area contributed by atoms with Gasteiger partial charge in [-0.1, -0.05) is 42.5 Å². The molecule has 0 radical (unpaired) electrons. The molecule has 0 unspecified atom stereocenters. The summed E-state index contributed by atoms with van der Waals surface area (Å²) in [4.78, 5) is 16.7. The highest BCUT2D eigenvalue weighted by molar-refractivity contribution is 9.10. The number of methoxy groups -OCH3 is 2. The molecule has 1 heterocycles. The molecule has 41 heavy (non-hydrogen) atoms. The summed E-state index contributed by atoms with van der Waals surface area (Å²) in [5.41, 5.74) is 5.52. The number of hydrogen-bond acceptors (Lipinski definition) is 8. The molecular weight excluding hydrogens is 656 g/mol. The second-order valence-electron chi connectivity index (χ2n) is 8.76. The molecule has 0 aliphatic rings. The fraction of sp³-hybridized carbons (Fsp3) is 0.200. The van der Waals surface area contributed by atoms with Gasteiger partial charge in [-0.2, -0.15) is 10.4 Å². The van der Waals surface area contributed by atoms with Gasteiger partial charge >= 0.3 is 0 Å². The molecule has 210 valence electrons. The fourth-order valence-corrected chi connectivity index (χ4v) is 5.06. The van der Waals surface area contributed by atoms with Crippen LogP contribution in [0.4, 0.5) is 0 Å². The maximum Gasteiger partial charge on any atom is 0.278 e. The second kappa shape index (κ2) is 14.1. The van der Waals surface area contributed by atoms with Crippen LogP contribution >= 0.6 is 31.9 Å². The Hall–Kier alpha value is -3.98. The Morgan fingerprint density at radius 3 is 2.63 bits per heavy atom. The third-order valence-corrected chi connectivity index (χ3v) is 7.66. The second-order valence-corrected chi connectivity index (χ2v) is 10.4. The van der Waals surface area contributed by atoms with Crippen LogP contribution in [-0.2, 0) is 22.7 Å². The summed E-state index contributed by atoms with van der Waals surface area (Å²) in [6, 6.07) is 19.9. The van der Waals surface area contributed by atoms with Crippen molar-refractivity contribution in [3.63, 3.8) is 0 Å². The standard InChI is InChI=1S/C30H26Br2N4O5/c1-18-28(32)24(16-38-2)23(13-33)30(35-18)41-17-27(37)36-34-14-19-11-25(31)29(26(12-19)39-3)40-15-21-9-6-8-20-7-4-5-10-22(20)21/h4-12,14H,15-17H2,1-3H3,(H,36,37). The molecule has 9 nitrogen and oxygen atoms in total. The average Bonchev–Trinajstić information content (AvgIpc) is 2.97. The van der Waals surface area contributed by atoms with Gasteiger partial charge in [0, 0.05) is 17.1 Å². The van der Waals surface area contributed by atoms with Gasteiger partial charge in [0.1, 0.15) is 18.2 Å². The third-order valence-electron chi connectivity index (χ3n) is 6.01. The summed E-state index contributed by atoms with van der Waals surface area (Å²) in [5, 5.41) is 15.9. The Balaban J connectivity index is 1.40. The molecule has 0 atom stereocenters. The monoisotopic (exact) mass is 680 g/mol. The Morgan fingerprint density at radius 1 is 1.10 bits per heavy atom. The highest BCUT2D eigenvalue weighted by Gasteiger charge is 2.18. The number of hydrogen-bond donors (Lipinski definition) is 1. The number of amides is 1. The Bertz CT molecular complexity index is 1650. The molecule has 1 amide bonds. The van der Waals surface area contributed by atoms with Crippen LogP contribution in [0.5, 0.6) is 17.4 Å². The molecule has 0 bridgehead atoms. The minimum absolute atomic E-state index is 0.0483. The minimum atomic E-state index is -0.526. The van der Waals surface area contributed by atoms with E-state index in [4.69, 9.17) is 18.9 Å². The molecule has 11 heteroatoms. The molecule has 0 spiro atoms. The minimum Gasteiger partial charge on any atom is -0.493 e. The van der Waals surface area contributed by atoms with E-state index in [9.17, 15) is 10.1 Å². The molecule has 0 fully saturated rings. The van der Waals surface area contributed by atoms with Crippen LogP contribution in [-0.4, -0.2) is 37.9 Å². The van der Waals surface area contributed by atoms with E-state index >= 15 is 0 Å². The van der Waals surface area contributed by atoms with Crippen LogP contribution in [0, 0.1) is 18.3 Å². The van der Waals surface area contributed by atoms with Crippen molar-refractivity contribution in [2.75, 3.05) is 20.8 Å². The molecule has 1 N–H and O–H groups in total. The van der Waals surface area contributed by atoms with Gasteiger partial charge < -0.3 is 18.9 Å². The van der Waals surface area contributed by atoms with Crippen LogP contribution in [0.25, 0.3) is 10.8 Å². The topological polar surface area (TPSA) is 115 Å². The number of ether oxygens (including phenoxy) is 4. The maximum atomic E-state index is 12.4. The molecule has 0 aliphatic carbocycles. The average molecular weight is 682 g/mol. The van der Waals surface area contributed by atoms with Gasteiger partial charge in [0.05, 0.1) is 30.1 Å². The summed E-state index contributed by atoms with van der Waals surface area (Å²) in [6.07, 6.45) is 1.47. The van der Waals surface area contributed by atoms with E-state index in [1.54, 1.807) is 26.2 Å². The molecule has 4 aromatic rings. The normalized spacial score (nSPS) is 10.9. The van der Waals surface area contributed by atoms with Gasteiger partial charge in [-0.15, -0.1) is 0 Å². The van der Waals surface area contributed by atoms with Crippen molar-refractivity contribution in [3.8, 4) is 23.4 Å². The first-order valence-electron chi connectivity index (χ1n) is 12.4. The van der Waals surface area contributed by atoms with Crippen molar-refractivity contribution in [1.29, 1.82) is 5.26 Å². The number of pyridine rings is 1. The van der Waals surface area contributed by atoms with E-state index in [-0.39, 0.29) is 24.7 Å². The zero-order valence-corrected chi connectivity index (χ0v) is 25.7. The Kier molecular flexibility index (Phi) is 10.3. The predicted molar refractivity (Wildman–Crippen MR) is 162 cm³/mol. The summed E-state index contributed by atoms with van der Waals surface area (Å²) >= 11 is 6.98. The van der Waals surface area contributed by atoms with Gasteiger partial charge in [-0.3, -0.25) is 4.79 Å². The number of benzene rings is 3. The molecule has 0 aliphatic heterocycles. The number of fused-ring (bicyclic) bond motifs is 1. The Morgan fingerprint density at radius 2 is 1.88 bits per heavy atom. The van der Waals surface area contributed by atoms with Crippen LogP contribution in [0.15, 0.2) is 68.6 Å². The van der Waals surface area contributed by atoms with Crippen molar-refractivity contribution < 1.29 is 23.7 Å². The van der Waals surface area contributed by atoms with E-state index < -0.39 is 5.91 Å². The number of aryl methyl sites for hydroxylation is 1. The van der Waals surface area contributed by atoms with Crippen molar-refractivity contribution in [3.05, 3.63) is 91.5 Å². The number of nitrogens with zero attached hydrogens (tertiary/aromatic N) is 3. The lowest BCUT2D eigenvalue weighted by Crippen LogP contribution is -2.25. The summed E-state index contributed by atoms with van der Waals surface area (Å²) in [6.45, 7) is 1.91. The summed E-state index contributed by atoms with van der Waals surface area (Å²) in [7, 11) is 3.08. The molecule has 0 saturated carbocycles. The van der Waals surface area contributed by atoms with E-state index in [1.165, 1.54) is 13.3 Å². The van der Waals surface area contributed by atoms with Gasteiger partial charge in [-0.25, -0.2) is 10.4 Å². The summed E-state index contributed by atoms with van der Waals surface area (Å²) < 4.78 is 23.7. The zero-order valence-electron chi connectivity index (χ0n) is 22.5. The van der Waals surface area contributed by atoms with Gasteiger partial charge in [0.25, 0.3) is 5.91 Å². The van der Waals surface area contributed by atoms with Gasteiger partial charge in [0.15, 0.2) is 18.1 Å². The molecule has 4 rings (SSSR count). The van der Waals surface area contributed by atoms with Crippen LogP contribution in [0.2, 0.25) is 0 Å². The first-order chi connectivity index (χ1) is 19.9. The van der Waals surface area contributed by atoms with Crippen LogP contribution in [0.1, 0.15) is 27.9 Å². The lowest BCUT2D eigenvalue weighted by Gasteiger charge is -2.14. The smallest absolute Gasteiger partial charge is 0.278 e. The fourth-order valence-electron chi connectivity index (χ4n) is 4.08. The predicted octanol–water partition coefficient (Wildman–Crippen LogP) is 6.20. The first-order valence-corrected chi connectivity index (χ1v) is 13.9. The quantitative estimate of drug-likeness (QED) is 0.148. The molecule has 3 aromatic carbocycles. The van der Waals surface area contributed by atoms with Crippen LogP contribution in [0.3, 0.4) is 0 Å². The number of aromatic nitrogens is 1. The highest BCUT2D eigenvalue weighted by Crippen LogP contribution is 2.37. The molecule has 1 aromatic heterocycles. The van der Waals surface area contributed by atoms with E-state index in [2.05, 4.69) is 71.6 Å². The van der Waals surface area contributed by atoms with Crippen molar-refractivity contribution in [2.24, 2.45) is 5.10 Å². The van der Waals surface area contributed by atoms with Crippen LogP contribution < -0.4 is 19.6 Å². The number of rotatable bonds is 11. The summed E-state index contributed by atoms with van der Waals surface area (Å²) in [5.74, 6) is 0.575. The van der Waals surface area contributed by atoms with Crippen molar-refractivity contribution in [1.82, 2.24) is 10.4 Å². The Labute approximate surface area is 254 Å². The molecule has 0 saturated heterocycles. The number of nitriles is 1. The lowest BCUT2D eigenvalue weighted by atomic mass is 10.1. The number of carbonyl (C=O) groups excluding carboxylic acids is 1. The van der Waals surface area contributed by atoms with E-state index in [0.717, 1.165) is 16.3 Å². The van der Waals surface area contributed by atoms with Gasteiger partial charge in [-0.05, 0) is 72.8 Å².